The van der Waals surface area contributed by atoms with Crippen molar-refractivity contribution in [1.82, 2.24) is 0 Å². The highest BCUT2D eigenvalue weighted by molar-refractivity contribution is 6.33. The number of amides is 1. The van der Waals surface area contributed by atoms with Gasteiger partial charge in [-0.25, -0.2) is 4.79 Å². The number of hydrogen-bond acceptors (Lipinski definition) is 7. The Balaban J connectivity index is 2.01. The first-order valence-corrected chi connectivity index (χ1v) is 9.04. The third-order valence-electron chi connectivity index (χ3n) is 3.54. The molecule has 9 nitrogen and oxygen atoms in total. The molecule has 1 N–H and O–H groups in total. The summed E-state index contributed by atoms with van der Waals surface area (Å²) in [5.41, 5.74) is -0.0941. The fourth-order valence-corrected chi connectivity index (χ4v) is 2.51. The Bertz CT molecular complexity index is 917. The molecule has 2 aromatic carbocycles. The third kappa shape index (κ3) is 6.08. The van der Waals surface area contributed by atoms with Crippen LogP contribution in [0.2, 0.25) is 5.02 Å². The molecule has 0 saturated heterocycles. The Morgan fingerprint density at radius 1 is 1.07 bits per heavy atom. The van der Waals surface area contributed by atoms with Gasteiger partial charge in [0.15, 0.2) is 18.1 Å². The van der Waals surface area contributed by atoms with E-state index < -0.39 is 23.4 Å². The Kier molecular flexibility index (Phi) is 7.79. The summed E-state index contributed by atoms with van der Waals surface area (Å²) in [6, 6.07) is 8.22. The zero-order valence-corrected chi connectivity index (χ0v) is 16.5. The summed E-state index contributed by atoms with van der Waals surface area (Å²) in [7, 11) is 0. The lowest BCUT2D eigenvalue weighted by molar-refractivity contribution is -0.384. The van der Waals surface area contributed by atoms with E-state index in [2.05, 4.69) is 5.32 Å². The van der Waals surface area contributed by atoms with Gasteiger partial charge in [-0.1, -0.05) is 11.6 Å². The average Bonchev–Trinajstić information content (AvgIpc) is 2.68. The standard InChI is InChI=1S/C19H19ClN2O7/c1-3-27-16-8-5-12(9-17(16)28-4-2)21-18(23)11-29-19(24)14-10-13(22(25)26)6-7-15(14)20/h5-10H,3-4,11H2,1-2H3,(H,21,23). The Labute approximate surface area is 171 Å². The van der Waals surface area contributed by atoms with Crippen molar-refractivity contribution >= 4 is 34.9 Å². The summed E-state index contributed by atoms with van der Waals surface area (Å²) < 4.78 is 15.8. The van der Waals surface area contributed by atoms with Crippen molar-refractivity contribution in [3.05, 3.63) is 57.1 Å². The minimum absolute atomic E-state index is 0.0196. The maximum absolute atomic E-state index is 12.1. The van der Waals surface area contributed by atoms with Crippen LogP contribution in [0.25, 0.3) is 0 Å². The lowest BCUT2D eigenvalue weighted by Gasteiger charge is -2.13. The normalized spacial score (nSPS) is 10.2. The van der Waals surface area contributed by atoms with E-state index >= 15 is 0 Å². The zero-order chi connectivity index (χ0) is 21.4. The van der Waals surface area contributed by atoms with Crippen LogP contribution >= 0.6 is 11.6 Å². The van der Waals surface area contributed by atoms with E-state index in [0.29, 0.717) is 30.4 Å². The molecule has 2 aromatic rings. The number of anilines is 1. The SMILES string of the molecule is CCOc1ccc(NC(=O)COC(=O)c2cc([N+](=O)[O-])ccc2Cl)cc1OCC. The highest BCUT2D eigenvalue weighted by Crippen LogP contribution is 2.30. The molecule has 0 atom stereocenters. The number of rotatable bonds is 9. The van der Waals surface area contributed by atoms with E-state index in [1.165, 1.54) is 6.07 Å². The van der Waals surface area contributed by atoms with Crippen LogP contribution < -0.4 is 14.8 Å². The number of nitro groups is 1. The molecule has 0 unspecified atom stereocenters. The fourth-order valence-electron chi connectivity index (χ4n) is 2.32. The number of esters is 1. The number of nitro benzene ring substituents is 1. The molecule has 0 radical (unpaired) electrons. The van der Waals surface area contributed by atoms with Crippen molar-refractivity contribution < 1.29 is 28.7 Å². The van der Waals surface area contributed by atoms with Crippen LogP contribution in [-0.4, -0.2) is 36.6 Å². The molecule has 0 aromatic heterocycles. The molecule has 0 fully saturated rings. The summed E-state index contributed by atoms with van der Waals surface area (Å²) in [5.74, 6) is -0.548. The predicted octanol–water partition coefficient (Wildman–Crippen LogP) is 3.84. The van der Waals surface area contributed by atoms with Gasteiger partial charge < -0.3 is 19.5 Å². The van der Waals surface area contributed by atoms with Gasteiger partial charge >= 0.3 is 5.97 Å². The number of nitrogens with zero attached hydrogens (tertiary/aromatic N) is 1. The highest BCUT2D eigenvalue weighted by Gasteiger charge is 2.18. The van der Waals surface area contributed by atoms with Gasteiger partial charge in [0.2, 0.25) is 0 Å². The van der Waals surface area contributed by atoms with Gasteiger partial charge in [0.05, 0.1) is 28.7 Å². The van der Waals surface area contributed by atoms with Crippen molar-refractivity contribution in [1.29, 1.82) is 0 Å². The summed E-state index contributed by atoms with van der Waals surface area (Å²) in [6.07, 6.45) is 0. The van der Waals surface area contributed by atoms with Crippen LogP contribution in [0.4, 0.5) is 11.4 Å². The van der Waals surface area contributed by atoms with Crippen molar-refractivity contribution in [3.63, 3.8) is 0 Å². The second-order valence-electron chi connectivity index (χ2n) is 5.57. The van der Waals surface area contributed by atoms with Crippen LogP contribution in [0, 0.1) is 10.1 Å². The molecule has 2 rings (SSSR count). The van der Waals surface area contributed by atoms with E-state index in [-0.39, 0.29) is 16.3 Å². The number of halogens is 1. The van der Waals surface area contributed by atoms with Crippen LogP contribution in [0.1, 0.15) is 24.2 Å². The Morgan fingerprint density at radius 3 is 2.41 bits per heavy atom. The second-order valence-corrected chi connectivity index (χ2v) is 5.98. The number of benzene rings is 2. The van der Waals surface area contributed by atoms with Gasteiger partial charge in [0.1, 0.15) is 0 Å². The molecule has 29 heavy (non-hydrogen) atoms. The number of carbonyl (C=O) groups excluding carboxylic acids is 2. The molecular formula is C19H19ClN2O7. The maximum atomic E-state index is 12.1. The molecule has 0 heterocycles. The van der Waals surface area contributed by atoms with Gasteiger partial charge in [-0.3, -0.25) is 14.9 Å². The minimum Gasteiger partial charge on any atom is -0.490 e. The molecule has 1 amide bonds. The van der Waals surface area contributed by atoms with E-state index in [9.17, 15) is 19.7 Å². The van der Waals surface area contributed by atoms with Crippen molar-refractivity contribution in [2.45, 2.75) is 13.8 Å². The van der Waals surface area contributed by atoms with Crippen LogP contribution in [0.3, 0.4) is 0 Å². The van der Waals surface area contributed by atoms with Crippen molar-refractivity contribution in [2.24, 2.45) is 0 Å². The van der Waals surface area contributed by atoms with Gasteiger partial charge in [-0.15, -0.1) is 0 Å². The smallest absolute Gasteiger partial charge is 0.340 e. The quantitative estimate of drug-likeness (QED) is 0.370. The molecule has 0 aliphatic heterocycles. The topological polar surface area (TPSA) is 117 Å². The second kappa shape index (κ2) is 10.3. The van der Waals surface area contributed by atoms with Gasteiger partial charge in [-0.2, -0.15) is 0 Å². The summed E-state index contributed by atoms with van der Waals surface area (Å²) in [6.45, 7) is 3.93. The predicted molar refractivity (Wildman–Crippen MR) is 106 cm³/mol. The molecule has 0 saturated carbocycles. The largest absolute Gasteiger partial charge is 0.490 e. The molecule has 0 spiro atoms. The summed E-state index contributed by atoms with van der Waals surface area (Å²) in [5, 5.41) is 13.4. The Morgan fingerprint density at radius 2 is 1.76 bits per heavy atom. The zero-order valence-electron chi connectivity index (χ0n) is 15.8. The molecule has 0 aliphatic carbocycles. The maximum Gasteiger partial charge on any atom is 0.340 e. The highest BCUT2D eigenvalue weighted by atomic mass is 35.5. The van der Waals surface area contributed by atoms with Crippen LogP contribution in [0.15, 0.2) is 36.4 Å². The average molecular weight is 423 g/mol. The molecule has 154 valence electrons. The van der Waals surface area contributed by atoms with E-state index in [1.54, 1.807) is 18.2 Å². The molecular weight excluding hydrogens is 404 g/mol. The minimum atomic E-state index is -0.949. The van der Waals surface area contributed by atoms with Gasteiger partial charge in [-0.05, 0) is 32.0 Å². The van der Waals surface area contributed by atoms with Crippen molar-refractivity contribution in [3.8, 4) is 11.5 Å². The van der Waals surface area contributed by atoms with Gasteiger partial charge in [0.25, 0.3) is 11.6 Å². The van der Waals surface area contributed by atoms with E-state index in [1.807, 2.05) is 13.8 Å². The third-order valence-corrected chi connectivity index (χ3v) is 3.87. The molecule has 0 aliphatic rings. The number of nitrogens with one attached hydrogen (secondary N) is 1. The lowest BCUT2D eigenvalue weighted by atomic mass is 10.2. The fraction of sp³-hybridized carbons (Fsp3) is 0.263. The molecule has 0 bridgehead atoms. The Hall–Kier alpha value is -3.33. The number of non-ortho nitro benzene ring substituents is 1. The lowest BCUT2D eigenvalue weighted by Crippen LogP contribution is -2.21. The monoisotopic (exact) mass is 422 g/mol. The number of hydrogen-bond donors (Lipinski definition) is 1. The van der Waals surface area contributed by atoms with E-state index in [4.69, 9.17) is 25.8 Å². The summed E-state index contributed by atoms with van der Waals surface area (Å²) in [4.78, 5) is 34.4. The van der Waals surface area contributed by atoms with Crippen molar-refractivity contribution in [2.75, 3.05) is 25.1 Å². The summed E-state index contributed by atoms with van der Waals surface area (Å²) >= 11 is 5.88. The number of carbonyl (C=O) groups is 2. The first-order valence-electron chi connectivity index (χ1n) is 8.66. The van der Waals surface area contributed by atoms with Crippen LogP contribution in [-0.2, 0) is 9.53 Å². The molecule has 10 heteroatoms. The van der Waals surface area contributed by atoms with Gasteiger partial charge in [0, 0.05) is 23.9 Å². The first kappa shape index (κ1) is 22.0. The number of ether oxygens (including phenoxy) is 3. The first-order chi connectivity index (χ1) is 13.8. The van der Waals surface area contributed by atoms with E-state index in [0.717, 1.165) is 12.1 Å². The van der Waals surface area contributed by atoms with Crippen LogP contribution in [0.5, 0.6) is 11.5 Å².